The Morgan fingerprint density at radius 3 is 2.88 bits per heavy atom. The summed E-state index contributed by atoms with van der Waals surface area (Å²) < 4.78 is 8.14. The van der Waals surface area contributed by atoms with Crippen LogP contribution < -0.4 is 15.6 Å². The highest BCUT2D eigenvalue weighted by molar-refractivity contribution is 5.75. The van der Waals surface area contributed by atoms with Crippen molar-refractivity contribution in [2.45, 2.75) is 19.9 Å². The first-order chi connectivity index (χ1) is 12.1. The zero-order chi connectivity index (χ0) is 17.8. The van der Waals surface area contributed by atoms with E-state index in [-0.39, 0.29) is 18.0 Å². The van der Waals surface area contributed by atoms with Crippen LogP contribution in [0.3, 0.4) is 0 Å². The van der Waals surface area contributed by atoms with Gasteiger partial charge in [-0.2, -0.15) is 5.10 Å². The number of methoxy groups -OCH3 is 1. The highest BCUT2D eigenvalue weighted by Gasteiger charge is 2.11. The van der Waals surface area contributed by atoms with E-state index in [1.54, 1.807) is 25.6 Å². The second-order valence-corrected chi connectivity index (χ2v) is 5.67. The van der Waals surface area contributed by atoms with Crippen LogP contribution in [0.1, 0.15) is 13.3 Å². The number of fused-ring (bicyclic) bond motifs is 1. The molecule has 0 aliphatic heterocycles. The lowest BCUT2D eigenvalue weighted by molar-refractivity contribution is -0.121. The minimum atomic E-state index is -0.254. The third-order valence-electron chi connectivity index (χ3n) is 3.86. The number of carbonyl (C=O) groups excluding carboxylic acids is 1. The average molecular weight is 340 g/mol. The number of hydrogen-bond acceptors (Lipinski definition) is 4. The fraction of sp³-hybridized carbons (Fsp3) is 0.278. The second kappa shape index (κ2) is 7.21. The Kier molecular flexibility index (Phi) is 4.83. The molecule has 0 unspecified atom stereocenters. The zero-order valence-electron chi connectivity index (χ0n) is 14.2. The molecule has 0 saturated carbocycles. The Bertz CT molecular complexity index is 958. The van der Waals surface area contributed by atoms with E-state index in [1.807, 2.05) is 31.2 Å². The van der Waals surface area contributed by atoms with Crippen molar-refractivity contribution in [2.24, 2.45) is 0 Å². The Hall–Kier alpha value is -3.09. The first kappa shape index (κ1) is 16.8. The molecule has 2 heterocycles. The van der Waals surface area contributed by atoms with Gasteiger partial charge in [-0.3, -0.25) is 9.59 Å². The fourth-order valence-electron chi connectivity index (χ4n) is 2.55. The van der Waals surface area contributed by atoms with Gasteiger partial charge < -0.3 is 14.6 Å². The Balaban J connectivity index is 1.94. The molecule has 0 aliphatic rings. The lowest BCUT2D eigenvalue weighted by Gasteiger charge is -2.06. The SMILES string of the molecule is CCCNC(=O)Cn1ccn2nc(-c3cccc(OC)c3)cc2c1=O. The van der Waals surface area contributed by atoms with Crippen LogP contribution in [0, 0.1) is 0 Å². The van der Waals surface area contributed by atoms with Gasteiger partial charge in [-0.25, -0.2) is 4.52 Å². The monoisotopic (exact) mass is 340 g/mol. The van der Waals surface area contributed by atoms with Gasteiger partial charge in [0, 0.05) is 24.5 Å². The Morgan fingerprint density at radius 2 is 2.12 bits per heavy atom. The minimum Gasteiger partial charge on any atom is -0.497 e. The zero-order valence-corrected chi connectivity index (χ0v) is 14.2. The van der Waals surface area contributed by atoms with E-state index < -0.39 is 0 Å². The van der Waals surface area contributed by atoms with Crippen molar-refractivity contribution in [3.63, 3.8) is 0 Å². The van der Waals surface area contributed by atoms with Crippen molar-refractivity contribution < 1.29 is 9.53 Å². The number of rotatable bonds is 6. The number of aromatic nitrogens is 3. The lowest BCUT2D eigenvalue weighted by atomic mass is 10.1. The van der Waals surface area contributed by atoms with Crippen LogP contribution >= 0.6 is 0 Å². The third-order valence-corrected chi connectivity index (χ3v) is 3.86. The third kappa shape index (κ3) is 3.55. The molecule has 3 rings (SSSR count). The van der Waals surface area contributed by atoms with E-state index in [4.69, 9.17) is 4.74 Å². The molecule has 7 heteroatoms. The highest BCUT2D eigenvalue weighted by Crippen LogP contribution is 2.22. The summed E-state index contributed by atoms with van der Waals surface area (Å²) in [6.07, 6.45) is 4.10. The number of nitrogens with one attached hydrogen (secondary N) is 1. The molecule has 0 radical (unpaired) electrons. The smallest absolute Gasteiger partial charge is 0.277 e. The van der Waals surface area contributed by atoms with Crippen LogP contribution in [0.5, 0.6) is 5.75 Å². The van der Waals surface area contributed by atoms with Gasteiger partial charge in [-0.05, 0) is 24.6 Å². The topological polar surface area (TPSA) is 77.6 Å². The molecule has 130 valence electrons. The molecule has 0 saturated heterocycles. The standard InChI is InChI=1S/C18H20N4O3/c1-3-7-19-17(23)12-21-8-9-22-16(18(21)24)11-15(20-22)13-5-4-6-14(10-13)25-2/h4-6,8-11H,3,7,12H2,1-2H3,(H,19,23). The lowest BCUT2D eigenvalue weighted by Crippen LogP contribution is -2.32. The molecule has 3 aromatic rings. The van der Waals surface area contributed by atoms with Crippen LogP contribution in [0.2, 0.25) is 0 Å². The molecule has 1 N–H and O–H groups in total. The number of hydrogen-bond donors (Lipinski definition) is 1. The van der Waals surface area contributed by atoms with Crippen LogP contribution in [-0.2, 0) is 11.3 Å². The molecule has 0 bridgehead atoms. The molecule has 25 heavy (non-hydrogen) atoms. The predicted octanol–water partition coefficient (Wildman–Crippen LogP) is 1.70. The molecule has 2 aromatic heterocycles. The van der Waals surface area contributed by atoms with E-state index in [0.717, 1.165) is 17.7 Å². The predicted molar refractivity (Wildman–Crippen MR) is 94.7 cm³/mol. The van der Waals surface area contributed by atoms with E-state index in [1.165, 1.54) is 9.08 Å². The van der Waals surface area contributed by atoms with Gasteiger partial charge in [0.25, 0.3) is 5.56 Å². The van der Waals surface area contributed by atoms with Crippen LogP contribution in [0.4, 0.5) is 0 Å². The maximum absolute atomic E-state index is 12.6. The number of benzene rings is 1. The van der Waals surface area contributed by atoms with Gasteiger partial charge >= 0.3 is 0 Å². The molecule has 7 nitrogen and oxygen atoms in total. The number of amides is 1. The van der Waals surface area contributed by atoms with Crippen LogP contribution in [0.25, 0.3) is 16.8 Å². The molecule has 0 spiro atoms. The van der Waals surface area contributed by atoms with Crippen molar-refractivity contribution >= 4 is 11.4 Å². The van der Waals surface area contributed by atoms with E-state index in [2.05, 4.69) is 10.4 Å². The molecular weight excluding hydrogens is 320 g/mol. The molecular formula is C18H20N4O3. The maximum atomic E-state index is 12.6. The average Bonchev–Trinajstić information content (AvgIpc) is 3.07. The van der Waals surface area contributed by atoms with E-state index >= 15 is 0 Å². The van der Waals surface area contributed by atoms with Crippen molar-refractivity contribution in [2.75, 3.05) is 13.7 Å². The van der Waals surface area contributed by atoms with Crippen molar-refractivity contribution in [1.82, 2.24) is 19.5 Å². The van der Waals surface area contributed by atoms with Crippen molar-refractivity contribution in [3.8, 4) is 17.0 Å². The summed E-state index contributed by atoms with van der Waals surface area (Å²) in [6.45, 7) is 2.57. The van der Waals surface area contributed by atoms with Crippen LogP contribution in [0.15, 0.2) is 47.5 Å². The quantitative estimate of drug-likeness (QED) is 0.741. The van der Waals surface area contributed by atoms with Crippen molar-refractivity contribution in [3.05, 3.63) is 53.1 Å². The van der Waals surface area contributed by atoms with Crippen molar-refractivity contribution in [1.29, 1.82) is 0 Å². The maximum Gasteiger partial charge on any atom is 0.277 e. The molecule has 1 aromatic carbocycles. The summed E-state index contributed by atoms with van der Waals surface area (Å²) in [5.74, 6) is 0.542. The van der Waals surface area contributed by atoms with Gasteiger partial charge in [0.05, 0.1) is 12.8 Å². The Morgan fingerprint density at radius 1 is 1.28 bits per heavy atom. The number of nitrogens with zero attached hydrogens (tertiary/aromatic N) is 3. The van der Waals surface area contributed by atoms with Gasteiger partial charge in [-0.1, -0.05) is 19.1 Å². The summed E-state index contributed by atoms with van der Waals surface area (Å²) in [7, 11) is 1.60. The van der Waals surface area contributed by atoms with Gasteiger partial charge in [0.15, 0.2) is 0 Å². The molecule has 0 aliphatic carbocycles. The summed E-state index contributed by atoms with van der Waals surface area (Å²) in [6, 6.07) is 9.20. The number of carbonyl (C=O) groups is 1. The van der Waals surface area contributed by atoms with Crippen LogP contribution in [-0.4, -0.2) is 33.7 Å². The van der Waals surface area contributed by atoms with E-state index in [9.17, 15) is 9.59 Å². The summed E-state index contributed by atoms with van der Waals surface area (Å²) >= 11 is 0. The first-order valence-corrected chi connectivity index (χ1v) is 8.12. The molecule has 0 atom stereocenters. The molecule has 1 amide bonds. The molecule has 0 fully saturated rings. The summed E-state index contributed by atoms with van der Waals surface area (Å²) in [5.41, 5.74) is 1.69. The summed E-state index contributed by atoms with van der Waals surface area (Å²) in [4.78, 5) is 24.5. The normalized spacial score (nSPS) is 10.8. The van der Waals surface area contributed by atoms with E-state index in [0.29, 0.717) is 17.8 Å². The largest absolute Gasteiger partial charge is 0.497 e. The summed E-state index contributed by atoms with van der Waals surface area (Å²) in [5, 5.41) is 7.20. The second-order valence-electron chi connectivity index (χ2n) is 5.67. The minimum absolute atomic E-state index is 0.00495. The fourth-order valence-corrected chi connectivity index (χ4v) is 2.55. The first-order valence-electron chi connectivity index (χ1n) is 8.12. The van der Waals surface area contributed by atoms with Gasteiger partial charge in [-0.15, -0.1) is 0 Å². The number of ether oxygens (including phenoxy) is 1. The van der Waals surface area contributed by atoms with Gasteiger partial charge in [0.2, 0.25) is 5.91 Å². The Labute approximate surface area is 144 Å². The highest BCUT2D eigenvalue weighted by atomic mass is 16.5. The van der Waals surface area contributed by atoms with Gasteiger partial charge in [0.1, 0.15) is 17.8 Å².